The highest BCUT2D eigenvalue weighted by Gasteiger charge is 2.11. The van der Waals surface area contributed by atoms with Crippen LogP contribution in [0.1, 0.15) is 5.56 Å². The van der Waals surface area contributed by atoms with Gasteiger partial charge in [-0.1, -0.05) is 18.2 Å². The van der Waals surface area contributed by atoms with Crippen LogP contribution in [0.15, 0.2) is 61.1 Å². The molecule has 4 nitrogen and oxygen atoms in total. The molecule has 0 atom stereocenters. The smallest absolute Gasteiger partial charge is 0.149 e. The van der Waals surface area contributed by atoms with Crippen LogP contribution in [0.3, 0.4) is 0 Å². The maximum atomic E-state index is 14.0. The number of ether oxygens (including phenoxy) is 1. The van der Waals surface area contributed by atoms with E-state index in [2.05, 4.69) is 9.97 Å². The second kappa shape index (κ2) is 6.22. The average Bonchev–Trinajstić information content (AvgIpc) is 2.56. The SMILES string of the molecule is Nc1cc(-c2ccccc2OCc2ccncc2)c(F)cn1. The maximum absolute atomic E-state index is 14.0. The summed E-state index contributed by atoms with van der Waals surface area (Å²) in [6, 6.07) is 12.5. The van der Waals surface area contributed by atoms with E-state index in [-0.39, 0.29) is 5.82 Å². The first-order valence-corrected chi connectivity index (χ1v) is 6.76. The number of nitrogen functional groups attached to an aromatic ring is 1. The largest absolute Gasteiger partial charge is 0.488 e. The van der Waals surface area contributed by atoms with Gasteiger partial charge in [-0.3, -0.25) is 4.98 Å². The van der Waals surface area contributed by atoms with Gasteiger partial charge in [0.2, 0.25) is 0 Å². The summed E-state index contributed by atoms with van der Waals surface area (Å²) in [4.78, 5) is 7.70. The van der Waals surface area contributed by atoms with Crippen LogP contribution in [0.25, 0.3) is 11.1 Å². The third-order valence-corrected chi connectivity index (χ3v) is 3.20. The van der Waals surface area contributed by atoms with Crippen molar-refractivity contribution in [2.24, 2.45) is 0 Å². The lowest BCUT2D eigenvalue weighted by molar-refractivity contribution is 0.307. The number of para-hydroxylation sites is 1. The lowest BCUT2D eigenvalue weighted by Crippen LogP contribution is -1.99. The fourth-order valence-corrected chi connectivity index (χ4v) is 2.12. The van der Waals surface area contributed by atoms with Crippen LogP contribution in [0, 0.1) is 5.82 Å². The van der Waals surface area contributed by atoms with E-state index in [1.165, 1.54) is 6.07 Å². The Labute approximate surface area is 127 Å². The fourth-order valence-electron chi connectivity index (χ4n) is 2.12. The zero-order valence-electron chi connectivity index (χ0n) is 11.7. The van der Waals surface area contributed by atoms with Gasteiger partial charge in [-0.2, -0.15) is 0 Å². The molecular formula is C17H14FN3O. The Kier molecular flexibility index (Phi) is 3.96. The number of aromatic nitrogens is 2. The van der Waals surface area contributed by atoms with Gasteiger partial charge in [0.05, 0.1) is 6.20 Å². The minimum Gasteiger partial charge on any atom is -0.488 e. The van der Waals surface area contributed by atoms with E-state index in [9.17, 15) is 4.39 Å². The Morgan fingerprint density at radius 2 is 1.82 bits per heavy atom. The molecule has 0 saturated heterocycles. The molecule has 2 aromatic heterocycles. The van der Waals surface area contributed by atoms with E-state index in [0.29, 0.717) is 23.5 Å². The molecule has 0 aliphatic carbocycles. The Balaban J connectivity index is 1.91. The molecule has 0 aliphatic rings. The van der Waals surface area contributed by atoms with Crippen LogP contribution < -0.4 is 10.5 Å². The molecule has 0 radical (unpaired) electrons. The van der Waals surface area contributed by atoms with Gasteiger partial charge < -0.3 is 10.5 Å². The van der Waals surface area contributed by atoms with Gasteiger partial charge in [-0.05, 0) is 29.8 Å². The maximum Gasteiger partial charge on any atom is 0.149 e. The molecule has 3 aromatic rings. The molecule has 5 heteroatoms. The summed E-state index contributed by atoms with van der Waals surface area (Å²) >= 11 is 0. The summed E-state index contributed by atoms with van der Waals surface area (Å²) in [5, 5.41) is 0. The van der Waals surface area contributed by atoms with Crippen LogP contribution in [0.2, 0.25) is 0 Å². The molecule has 0 amide bonds. The molecule has 0 spiro atoms. The number of halogens is 1. The number of benzene rings is 1. The predicted molar refractivity (Wildman–Crippen MR) is 82.6 cm³/mol. The average molecular weight is 295 g/mol. The number of pyridine rings is 2. The zero-order chi connectivity index (χ0) is 15.4. The minimum absolute atomic E-state index is 0.264. The van der Waals surface area contributed by atoms with Gasteiger partial charge in [-0.25, -0.2) is 9.37 Å². The topological polar surface area (TPSA) is 61.0 Å². The summed E-state index contributed by atoms with van der Waals surface area (Å²) in [6.45, 7) is 0.377. The van der Waals surface area contributed by atoms with E-state index in [0.717, 1.165) is 11.8 Å². The molecule has 0 fully saturated rings. The van der Waals surface area contributed by atoms with Crippen LogP contribution >= 0.6 is 0 Å². The molecule has 2 N–H and O–H groups in total. The summed E-state index contributed by atoms with van der Waals surface area (Å²) in [5.41, 5.74) is 7.65. The third-order valence-electron chi connectivity index (χ3n) is 3.20. The summed E-state index contributed by atoms with van der Waals surface area (Å²) in [5.74, 6) is 0.415. The minimum atomic E-state index is -0.436. The monoisotopic (exact) mass is 295 g/mol. The molecule has 0 aliphatic heterocycles. The molecule has 110 valence electrons. The standard InChI is InChI=1S/C17H14FN3O/c18-15-10-21-17(19)9-14(15)13-3-1-2-4-16(13)22-11-12-5-7-20-8-6-12/h1-10H,11H2,(H2,19,21). The van der Waals surface area contributed by atoms with Crippen molar-refractivity contribution < 1.29 is 9.13 Å². The van der Waals surface area contributed by atoms with Crippen molar-refractivity contribution in [1.82, 2.24) is 9.97 Å². The van der Waals surface area contributed by atoms with Crippen molar-refractivity contribution in [1.29, 1.82) is 0 Å². The van der Waals surface area contributed by atoms with Gasteiger partial charge in [0.1, 0.15) is 24.0 Å². The van der Waals surface area contributed by atoms with Gasteiger partial charge in [-0.15, -0.1) is 0 Å². The Morgan fingerprint density at radius 3 is 2.64 bits per heavy atom. The van der Waals surface area contributed by atoms with E-state index < -0.39 is 5.82 Å². The highest BCUT2D eigenvalue weighted by Crippen LogP contribution is 2.32. The second-order valence-corrected chi connectivity index (χ2v) is 4.73. The van der Waals surface area contributed by atoms with Crippen molar-refractivity contribution in [2.75, 3.05) is 5.73 Å². The van der Waals surface area contributed by atoms with Crippen molar-refractivity contribution in [2.45, 2.75) is 6.61 Å². The lowest BCUT2D eigenvalue weighted by Gasteiger charge is -2.12. The first-order valence-electron chi connectivity index (χ1n) is 6.76. The van der Waals surface area contributed by atoms with Crippen molar-refractivity contribution in [3.05, 3.63) is 72.4 Å². The summed E-state index contributed by atoms with van der Waals surface area (Å²) in [6.07, 6.45) is 4.52. The number of nitrogens with two attached hydrogens (primary N) is 1. The first kappa shape index (κ1) is 14.0. The highest BCUT2D eigenvalue weighted by molar-refractivity contribution is 5.72. The number of hydrogen-bond acceptors (Lipinski definition) is 4. The Morgan fingerprint density at radius 1 is 1.05 bits per heavy atom. The van der Waals surface area contributed by atoms with Gasteiger partial charge in [0, 0.05) is 23.5 Å². The van der Waals surface area contributed by atoms with Crippen LogP contribution in [-0.2, 0) is 6.61 Å². The molecule has 0 saturated carbocycles. The molecule has 0 bridgehead atoms. The molecule has 22 heavy (non-hydrogen) atoms. The van der Waals surface area contributed by atoms with E-state index in [1.807, 2.05) is 24.3 Å². The summed E-state index contributed by atoms with van der Waals surface area (Å²) < 4.78 is 19.8. The zero-order valence-corrected chi connectivity index (χ0v) is 11.7. The quantitative estimate of drug-likeness (QED) is 0.801. The summed E-state index contributed by atoms with van der Waals surface area (Å²) in [7, 11) is 0. The number of hydrogen-bond donors (Lipinski definition) is 1. The number of anilines is 1. The number of rotatable bonds is 4. The highest BCUT2D eigenvalue weighted by atomic mass is 19.1. The van der Waals surface area contributed by atoms with Crippen molar-refractivity contribution in [3.8, 4) is 16.9 Å². The van der Waals surface area contributed by atoms with E-state index >= 15 is 0 Å². The van der Waals surface area contributed by atoms with Crippen molar-refractivity contribution >= 4 is 5.82 Å². The van der Waals surface area contributed by atoms with Crippen LogP contribution in [-0.4, -0.2) is 9.97 Å². The predicted octanol–water partition coefficient (Wildman–Crippen LogP) is 3.44. The first-order chi connectivity index (χ1) is 10.7. The molecule has 1 aromatic carbocycles. The Bertz CT molecular complexity index is 778. The molecule has 3 rings (SSSR count). The third kappa shape index (κ3) is 3.03. The Hall–Kier alpha value is -2.95. The number of nitrogens with zero attached hydrogens (tertiary/aromatic N) is 2. The van der Waals surface area contributed by atoms with Crippen LogP contribution in [0.5, 0.6) is 5.75 Å². The lowest BCUT2D eigenvalue weighted by atomic mass is 10.1. The molecular weight excluding hydrogens is 281 g/mol. The fraction of sp³-hybridized carbons (Fsp3) is 0.0588. The van der Waals surface area contributed by atoms with Gasteiger partial charge in [0.25, 0.3) is 0 Å². The molecule has 2 heterocycles. The van der Waals surface area contributed by atoms with E-state index in [1.54, 1.807) is 24.5 Å². The van der Waals surface area contributed by atoms with Crippen LogP contribution in [0.4, 0.5) is 10.2 Å². The normalized spacial score (nSPS) is 10.4. The van der Waals surface area contributed by atoms with Gasteiger partial charge >= 0.3 is 0 Å². The molecule has 0 unspecified atom stereocenters. The van der Waals surface area contributed by atoms with Crippen molar-refractivity contribution in [3.63, 3.8) is 0 Å². The van der Waals surface area contributed by atoms with Gasteiger partial charge in [0.15, 0.2) is 0 Å². The second-order valence-electron chi connectivity index (χ2n) is 4.73. The van der Waals surface area contributed by atoms with E-state index in [4.69, 9.17) is 10.5 Å².